The molecule has 0 bridgehead atoms. The smallest absolute Gasteiger partial charge is 0.490 e. The average Bonchev–Trinajstić information content (AvgIpc) is 3.06. The Morgan fingerprint density at radius 2 is 1.49 bits per heavy atom. The highest BCUT2D eigenvalue weighted by molar-refractivity contribution is 6.31. The molecule has 12 nitrogen and oxygen atoms in total. The van der Waals surface area contributed by atoms with Crippen molar-refractivity contribution in [2.75, 3.05) is 71.1 Å². The molecule has 4 rings (SSSR count). The van der Waals surface area contributed by atoms with Crippen LogP contribution in [0.3, 0.4) is 0 Å². The molecular formula is C30H37ClF6N4O8. The summed E-state index contributed by atoms with van der Waals surface area (Å²) >= 11 is 6.39. The molecule has 49 heavy (non-hydrogen) atoms. The van der Waals surface area contributed by atoms with Crippen LogP contribution in [0.15, 0.2) is 42.7 Å². The van der Waals surface area contributed by atoms with Gasteiger partial charge in [0.1, 0.15) is 12.4 Å². The summed E-state index contributed by atoms with van der Waals surface area (Å²) in [6.45, 7) is 7.59. The minimum atomic E-state index is -5.08. The monoisotopic (exact) mass is 730 g/mol. The normalized spacial score (nSPS) is 15.5. The number of carbonyl (C=O) groups is 3. The Balaban J connectivity index is 0.000000500. The predicted octanol–water partition coefficient (Wildman–Crippen LogP) is 4.84. The summed E-state index contributed by atoms with van der Waals surface area (Å²) in [5, 5.41) is 18.0. The number of carboxylic acids is 2. The number of rotatable bonds is 11. The van der Waals surface area contributed by atoms with Crippen molar-refractivity contribution in [3.8, 4) is 5.75 Å². The number of carboxylic acid groups (broad SMARTS) is 2. The molecule has 19 heteroatoms. The van der Waals surface area contributed by atoms with Crippen molar-refractivity contribution >= 4 is 35.1 Å². The Bertz CT molecular complexity index is 1290. The molecule has 0 atom stereocenters. The quantitative estimate of drug-likeness (QED) is 0.215. The van der Waals surface area contributed by atoms with Gasteiger partial charge in [-0.25, -0.2) is 9.59 Å². The lowest BCUT2D eigenvalue weighted by Crippen LogP contribution is -2.45. The van der Waals surface area contributed by atoms with Gasteiger partial charge in [-0.3, -0.25) is 14.7 Å². The molecule has 3 heterocycles. The van der Waals surface area contributed by atoms with Crippen molar-refractivity contribution in [2.24, 2.45) is 0 Å². The first kappa shape index (κ1) is 41.3. The van der Waals surface area contributed by atoms with E-state index in [1.54, 1.807) is 30.6 Å². The van der Waals surface area contributed by atoms with Crippen LogP contribution in [0.4, 0.5) is 32.0 Å². The summed E-state index contributed by atoms with van der Waals surface area (Å²) in [4.78, 5) is 39.9. The number of aliphatic carboxylic acids is 2. The van der Waals surface area contributed by atoms with E-state index < -0.39 is 24.3 Å². The molecule has 0 radical (unpaired) electrons. The van der Waals surface area contributed by atoms with Gasteiger partial charge in [-0.2, -0.15) is 26.3 Å². The van der Waals surface area contributed by atoms with Gasteiger partial charge < -0.3 is 34.6 Å². The van der Waals surface area contributed by atoms with Crippen LogP contribution >= 0.6 is 11.6 Å². The summed E-state index contributed by atoms with van der Waals surface area (Å²) in [6, 6.07) is 9.27. The van der Waals surface area contributed by atoms with Crippen LogP contribution in [-0.4, -0.2) is 127 Å². The Labute approximate surface area is 282 Å². The van der Waals surface area contributed by atoms with E-state index >= 15 is 0 Å². The number of halogens is 7. The first-order chi connectivity index (χ1) is 23.1. The van der Waals surface area contributed by atoms with Crippen molar-refractivity contribution in [3.63, 3.8) is 0 Å². The number of pyridine rings is 1. The molecule has 2 aliphatic rings. The van der Waals surface area contributed by atoms with Crippen LogP contribution in [0.25, 0.3) is 0 Å². The molecule has 274 valence electrons. The number of alkyl halides is 6. The van der Waals surface area contributed by atoms with E-state index in [2.05, 4.69) is 15.2 Å². The largest absolute Gasteiger partial charge is 0.492 e. The second-order valence-electron chi connectivity index (χ2n) is 10.4. The molecule has 2 saturated heterocycles. The number of nitrogens with one attached hydrogen (secondary N) is 1. The molecular weight excluding hydrogens is 694 g/mol. The van der Waals surface area contributed by atoms with Crippen LogP contribution in [0.2, 0.25) is 5.02 Å². The zero-order chi connectivity index (χ0) is 36.5. The van der Waals surface area contributed by atoms with Crippen molar-refractivity contribution in [1.82, 2.24) is 14.8 Å². The van der Waals surface area contributed by atoms with Crippen molar-refractivity contribution in [1.29, 1.82) is 0 Å². The first-order valence-electron chi connectivity index (χ1n) is 14.9. The molecule has 1 aromatic carbocycles. The summed E-state index contributed by atoms with van der Waals surface area (Å²) in [5.74, 6) is -4.92. The lowest BCUT2D eigenvalue weighted by Gasteiger charge is -2.35. The van der Waals surface area contributed by atoms with Crippen LogP contribution in [0.5, 0.6) is 5.75 Å². The van der Waals surface area contributed by atoms with E-state index in [0.717, 1.165) is 57.8 Å². The zero-order valence-corrected chi connectivity index (χ0v) is 26.9. The van der Waals surface area contributed by atoms with Crippen molar-refractivity contribution in [2.45, 2.75) is 37.7 Å². The number of benzene rings is 1. The molecule has 0 spiro atoms. The van der Waals surface area contributed by atoms with Crippen molar-refractivity contribution in [3.05, 3.63) is 53.3 Å². The highest BCUT2D eigenvalue weighted by Crippen LogP contribution is 2.25. The molecule has 1 amide bonds. The fraction of sp³-hybridized carbons (Fsp3) is 0.533. The Hall–Kier alpha value is -3.87. The number of anilines is 1. The van der Waals surface area contributed by atoms with Gasteiger partial charge in [-0.05, 0) is 49.6 Å². The number of morpholine rings is 1. The highest BCUT2D eigenvalue weighted by Gasteiger charge is 2.39. The zero-order valence-electron chi connectivity index (χ0n) is 26.1. The number of hydrogen-bond acceptors (Lipinski definition) is 9. The summed E-state index contributed by atoms with van der Waals surface area (Å²) in [6.07, 6.45) is -4.05. The van der Waals surface area contributed by atoms with E-state index in [1.807, 2.05) is 17.0 Å². The number of amides is 1. The Kier molecular flexibility index (Phi) is 17.4. The van der Waals surface area contributed by atoms with Crippen LogP contribution < -0.4 is 10.1 Å². The Morgan fingerprint density at radius 3 is 2.04 bits per heavy atom. The lowest BCUT2D eigenvalue weighted by atomic mass is 10.0. The molecule has 0 saturated carbocycles. The number of hydrogen-bond donors (Lipinski definition) is 3. The first-order valence-corrected chi connectivity index (χ1v) is 15.3. The number of aromatic nitrogens is 1. The molecule has 0 aliphatic carbocycles. The second-order valence-corrected chi connectivity index (χ2v) is 10.9. The standard InChI is InChI=1S/C26H35ClN4O4.2C2HF3O2/c27-22-18-21(19-25(20-22)35-15-8-29-23-2-6-28-7-3-23)26(32)31(24-4-13-33-14-5-24)10-1-9-30-11-16-34-17-12-30;2*3-2(4,5)1(6)7/h2-3,6-7,18-20,24H,1,4-5,8-17H2,(H,28,29);2*(H,6,7). The Morgan fingerprint density at radius 1 is 0.939 bits per heavy atom. The highest BCUT2D eigenvalue weighted by atomic mass is 35.5. The third kappa shape index (κ3) is 16.4. The fourth-order valence-electron chi connectivity index (χ4n) is 4.51. The van der Waals surface area contributed by atoms with Crippen LogP contribution in [0, 0.1) is 0 Å². The molecule has 2 fully saturated rings. The van der Waals surface area contributed by atoms with Gasteiger partial charge >= 0.3 is 24.3 Å². The SMILES string of the molecule is O=C(O)C(F)(F)F.O=C(O)C(F)(F)F.O=C(c1cc(Cl)cc(OCCNc2ccncc2)c1)N(CCCN1CCOCC1)C1CCOCC1. The molecule has 2 aliphatic heterocycles. The third-order valence-corrected chi connectivity index (χ3v) is 7.07. The molecule has 1 aromatic heterocycles. The minimum absolute atomic E-state index is 0.00105. The van der Waals surface area contributed by atoms with E-state index in [9.17, 15) is 31.1 Å². The third-order valence-electron chi connectivity index (χ3n) is 6.85. The number of nitrogens with zero attached hydrogens (tertiary/aromatic N) is 3. The van der Waals surface area contributed by atoms with Gasteiger partial charge in [-0.15, -0.1) is 0 Å². The summed E-state index contributed by atoms with van der Waals surface area (Å²) < 4.78 is 80.4. The summed E-state index contributed by atoms with van der Waals surface area (Å²) in [5.41, 5.74) is 1.54. The van der Waals surface area contributed by atoms with E-state index in [1.165, 1.54) is 0 Å². The number of ether oxygens (including phenoxy) is 3. The molecule has 2 aromatic rings. The predicted molar refractivity (Wildman–Crippen MR) is 164 cm³/mol. The minimum Gasteiger partial charge on any atom is -0.492 e. The van der Waals surface area contributed by atoms with E-state index in [0.29, 0.717) is 49.2 Å². The summed E-state index contributed by atoms with van der Waals surface area (Å²) in [7, 11) is 0. The lowest BCUT2D eigenvalue weighted by molar-refractivity contribution is -0.193. The van der Waals surface area contributed by atoms with Crippen molar-refractivity contribution < 1.29 is 65.1 Å². The van der Waals surface area contributed by atoms with Gasteiger partial charge in [0, 0.05) is 80.6 Å². The van der Waals surface area contributed by atoms with E-state index in [-0.39, 0.29) is 11.9 Å². The van der Waals surface area contributed by atoms with Gasteiger partial charge in [0.05, 0.1) is 13.2 Å². The second kappa shape index (κ2) is 20.6. The maximum atomic E-state index is 13.7. The maximum absolute atomic E-state index is 13.7. The van der Waals surface area contributed by atoms with E-state index in [4.69, 9.17) is 45.6 Å². The maximum Gasteiger partial charge on any atom is 0.490 e. The van der Waals surface area contributed by atoms with Gasteiger partial charge in [-0.1, -0.05) is 11.6 Å². The average molecular weight is 731 g/mol. The topological polar surface area (TPSA) is 151 Å². The van der Waals surface area contributed by atoms with Crippen LogP contribution in [-0.2, 0) is 19.1 Å². The van der Waals surface area contributed by atoms with Crippen LogP contribution in [0.1, 0.15) is 29.6 Å². The fourth-order valence-corrected chi connectivity index (χ4v) is 4.73. The number of carbonyl (C=O) groups excluding carboxylic acids is 1. The molecule has 0 unspecified atom stereocenters. The van der Waals surface area contributed by atoms with Gasteiger partial charge in [0.15, 0.2) is 0 Å². The van der Waals surface area contributed by atoms with Gasteiger partial charge in [0.25, 0.3) is 5.91 Å². The molecule has 3 N–H and O–H groups in total. The van der Waals surface area contributed by atoms with Gasteiger partial charge in [0.2, 0.25) is 0 Å².